The van der Waals surface area contributed by atoms with Gasteiger partial charge in [-0.25, -0.2) is 9.97 Å². The number of aryl methyl sites for hydroxylation is 1. The van der Waals surface area contributed by atoms with Crippen LogP contribution in [0.15, 0.2) is 0 Å². The first-order valence-electron chi connectivity index (χ1n) is 8.84. The minimum Gasteiger partial charge on any atom is -0.369 e. The number of rotatable bonds is 4. The highest BCUT2D eigenvalue weighted by Crippen LogP contribution is 2.25. The summed E-state index contributed by atoms with van der Waals surface area (Å²) >= 11 is 0. The van der Waals surface area contributed by atoms with E-state index in [0.717, 1.165) is 49.0 Å². The number of amides is 1. The van der Waals surface area contributed by atoms with Gasteiger partial charge in [0.05, 0.1) is 0 Å². The van der Waals surface area contributed by atoms with Crippen LogP contribution in [-0.4, -0.2) is 43.7 Å². The fourth-order valence-electron chi connectivity index (χ4n) is 3.49. The maximum Gasteiger partial charge on any atom is 0.270 e. The molecular formula is C17H23N7O. The van der Waals surface area contributed by atoms with E-state index in [1.165, 1.54) is 0 Å². The highest BCUT2D eigenvalue weighted by molar-refractivity contribution is 5.96. The molecule has 0 radical (unpaired) electrons. The summed E-state index contributed by atoms with van der Waals surface area (Å²) in [6.07, 6.45) is 1.68. The molecule has 0 bridgehead atoms. The summed E-state index contributed by atoms with van der Waals surface area (Å²) in [5.74, 6) is 4.06. The summed E-state index contributed by atoms with van der Waals surface area (Å²) < 4.78 is 2.18. The Kier molecular flexibility index (Phi) is 3.89. The van der Waals surface area contributed by atoms with Crippen LogP contribution in [0.2, 0.25) is 0 Å². The monoisotopic (exact) mass is 341 g/mol. The Labute approximate surface area is 146 Å². The molecule has 2 N–H and O–H groups in total. The first kappa shape index (κ1) is 16.0. The molecule has 2 aromatic rings. The van der Waals surface area contributed by atoms with Gasteiger partial charge in [-0.05, 0) is 13.3 Å². The fraction of sp³-hybridized carbons (Fsp3) is 0.588. The summed E-state index contributed by atoms with van der Waals surface area (Å²) in [5, 5.41) is 14.7. The van der Waals surface area contributed by atoms with Gasteiger partial charge in [-0.1, -0.05) is 13.8 Å². The highest BCUT2D eigenvalue weighted by atomic mass is 16.1. The Balaban J connectivity index is 1.55. The normalized spacial score (nSPS) is 18.9. The maximum absolute atomic E-state index is 12.2. The van der Waals surface area contributed by atoms with Crippen molar-refractivity contribution in [2.24, 2.45) is 5.92 Å². The van der Waals surface area contributed by atoms with Crippen molar-refractivity contribution < 1.29 is 4.79 Å². The number of hydrogen-bond donors (Lipinski definition) is 2. The van der Waals surface area contributed by atoms with E-state index in [1.807, 2.05) is 20.8 Å². The Hall–Kier alpha value is -2.51. The van der Waals surface area contributed by atoms with Crippen LogP contribution in [0.5, 0.6) is 0 Å². The van der Waals surface area contributed by atoms with Crippen molar-refractivity contribution in [1.29, 1.82) is 0 Å². The SMILES string of the molecule is Cc1nnc2n1CC(CNc1nc(C(C)C)nc3c1CCNC3=O)C2. The van der Waals surface area contributed by atoms with E-state index in [0.29, 0.717) is 24.0 Å². The highest BCUT2D eigenvalue weighted by Gasteiger charge is 2.27. The van der Waals surface area contributed by atoms with Gasteiger partial charge < -0.3 is 15.2 Å². The number of aromatic nitrogens is 5. The van der Waals surface area contributed by atoms with Crippen LogP contribution in [0.1, 0.15) is 53.3 Å². The van der Waals surface area contributed by atoms with E-state index in [1.54, 1.807) is 0 Å². The van der Waals surface area contributed by atoms with Crippen molar-refractivity contribution in [2.75, 3.05) is 18.4 Å². The molecule has 0 fully saturated rings. The lowest BCUT2D eigenvalue weighted by molar-refractivity contribution is 0.0940. The molecule has 0 saturated heterocycles. The molecule has 0 spiro atoms. The fourth-order valence-corrected chi connectivity index (χ4v) is 3.49. The summed E-state index contributed by atoms with van der Waals surface area (Å²) in [6.45, 7) is 8.42. The van der Waals surface area contributed by atoms with E-state index in [2.05, 4.69) is 30.4 Å². The third kappa shape index (κ3) is 2.85. The molecular weight excluding hydrogens is 318 g/mol. The molecule has 0 saturated carbocycles. The molecule has 0 aromatic carbocycles. The molecule has 4 rings (SSSR count). The number of anilines is 1. The lowest BCUT2D eigenvalue weighted by atomic mass is 10.0. The Bertz CT molecular complexity index is 827. The Morgan fingerprint density at radius 1 is 1.32 bits per heavy atom. The largest absolute Gasteiger partial charge is 0.369 e. The van der Waals surface area contributed by atoms with E-state index in [4.69, 9.17) is 4.98 Å². The quantitative estimate of drug-likeness (QED) is 0.863. The topological polar surface area (TPSA) is 97.6 Å². The first-order valence-corrected chi connectivity index (χ1v) is 8.84. The van der Waals surface area contributed by atoms with Gasteiger partial charge in [-0.3, -0.25) is 4.79 Å². The molecule has 2 aliphatic heterocycles. The molecule has 0 aliphatic carbocycles. The van der Waals surface area contributed by atoms with Gasteiger partial charge >= 0.3 is 0 Å². The summed E-state index contributed by atoms with van der Waals surface area (Å²) in [4.78, 5) is 21.4. The van der Waals surface area contributed by atoms with Gasteiger partial charge in [0.25, 0.3) is 5.91 Å². The molecule has 2 aliphatic rings. The second-order valence-corrected chi connectivity index (χ2v) is 7.14. The first-order chi connectivity index (χ1) is 12.0. The summed E-state index contributed by atoms with van der Waals surface area (Å²) in [5.41, 5.74) is 1.45. The predicted octanol–water partition coefficient (Wildman–Crippen LogP) is 1.07. The summed E-state index contributed by atoms with van der Waals surface area (Å²) in [6, 6.07) is 0. The predicted molar refractivity (Wildman–Crippen MR) is 92.6 cm³/mol. The van der Waals surface area contributed by atoms with Crippen molar-refractivity contribution in [3.63, 3.8) is 0 Å². The van der Waals surface area contributed by atoms with Crippen molar-refractivity contribution >= 4 is 11.7 Å². The molecule has 8 nitrogen and oxygen atoms in total. The number of carbonyl (C=O) groups excluding carboxylic acids is 1. The van der Waals surface area contributed by atoms with E-state index in [-0.39, 0.29) is 11.8 Å². The van der Waals surface area contributed by atoms with Crippen LogP contribution in [0.4, 0.5) is 5.82 Å². The minimum absolute atomic E-state index is 0.101. The standard InChI is InChI=1S/C17H23N7O/c1-9(2)15-20-14-12(4-5-18-17(14)25)16(21-15)19-7-11-6-13-23-22-10(3)24(13)8-11/h9,11H,4-8H2,1-3H3,(H,18,25)(H,19,20,21). The van der Waals surface area contributed by atoms with Crippen LogP contribution in [0.25, 0.3) is 0 Å². The van der Waals surface area contributed by atoms with Gasteiger partial charge in [0.15, 0.2) is 0 Å². The van der Waals surface area contributed by atoms with Crippen LogP contribution < -0.4 is 10.6 Å². The van der Waals surface area contributed by atoms with Crippen LogP contribution >= 0.6 is 0 Å². The molecule has 2 aromatic heterocycles. The molecule has 25 heavy (non-hydrogen) atoms. The Morgan fingerprint density at radius 3 is 2.92 bits per heavy atom. The van der Waals surface area contributed by atoms with Gasteiger partial charge in [0, 0.05) is 43.5 Å². The number of hydrogen-bond acceptors (Lipinski definition) is 6. The zero-order valence-corrected chi connectivity index (χ0v) is 14.8. The third-order valence-corrected chi connectivity index (χ3v) is 4.90. The van der Waals surface area contributed by atoms with Crippen LogP contribution in [-0.2, 0) is 19.4 Å². The van der Waals surface area contributed by atoms with Gasteiger partial charge in [0.2, 0.25) is 0 Å². The summed E-state index contributed by atoms with van der Waals surface area (Å²) in [7, 11) is 0. The number of nitrogens with one attached hydrogen (secondary N) is 2. The molecule has 8 heteroatoms. The average molecular weight is 341 g/mol. The number of fused-ring (bicyclic) bond motifs is 2. The van der Waals surface area contributed by atoms with E-state index < -0.39 is 0 Å². The second-order valence-electron chi connectivity index (χ2n) is 7.14. The van der Waals surface area contributed by atoms with Crippen molar-refractivity contribution in [3.8, 4) is 0 Å². The minimum atomic E-state index is -0.101. The van der Waals surface area contributed by atoms with Crippen molar-refractivity contribution in [2.45, 2.75) is 46.1 Å². The molecule has 132 valence electrons. The lowest BCUT2D eigenvalue weighted by Crippen LogP contribution is -2.34. The van der Waals surface area contributed by atoms with Gasteiger partial charge in [-0.2, -0.15) is 0 Å². The second kappa shape index (κ2) is 6.09. The van der Waals surface area contributed by atoms with E-state index >= 15 is 0 Å². The lowest BCUT2D eigenvalue weighted by Gasteiger charge is -2.21. The van der Waals surface area contributed by atoms with Gasteiger partial charge in [0.1, 0.15) is 29.0 Å². The molecule has 1 atom stereocenters. The molecule has 4 heterocycles. The Morgan fingerprint density at radius 2 is 2.16 bits per heavy atom. The van der Waals surface area contributed by atoms with Crippen LogP contribution in [0, 0.1) is 12.8 Å². The van der Waals surface area contributed by atoms with Gasteiger partial charge in [-0.15, -0.1) is 10.2 Å². The maximum atomic E-state index is 12.2. The average Bonchev–Trinajstić information content (AvgIpc) is 3.15. The molecule has 1 unspecified atom stereocenters. The van der Waals surface area contributed by atoms with Crippen molar-refractivity contribution in [1.82, 2.24) is 30.0 Å². The van der Waals surface area contributed by atoms with E-state index in [9.17, 15) is 4.79 Å². The smallest absolute Gasteiger partial charge is 0.270 e. The molecule has 1 amide bonds. The zero-order chi connectivity index (χ0) is 17.6. The number of nitrogens with zero attached hydrogens (tertiary/aromatic N) is 5. The van der Waals surface area contributed by atoms with Crippen molar-refractivity contribution in [3.05, 3.63) is 28.7 Å². The zero-order valence-electron chi connectivity index (χ0n) is 14.8. The third-order valence-electron chi connectivity index (χ3n) is 4.90. The van der Waals surface area contributed by atoms with Crippen LogP contribution in [0.3, 0.4) is 0 Å². The number of carbonyl (C=O) groups is 1.